The summed E-state index contributed by atoms with van der Waals surface area (Å²) in [6.45, 7) is 9.02. The third-order valence-electron chi connectivity index (χ3n) is 4.66. The summed E-state index contributed by atoms with van der Waals surface area (Å²) in [6.07, 6.45) is 0. The first kappa shape index (κ1) is 23.0. The molecule has 2 rings (SSSR count). The van der Waals surface area contributed by atoms with Gasteiger partial charge in [-0.25, -0.2) is 0 Å². The molecular weight excluding hydrogens is 380 g/mol. The second-order valence-corrected chi connectivity index (χ2v) is 8.79. The van der Waals surface area contributed by atoms with Crippen LogP contribution in [0.1, 0.15) is 37.5 Å². The minimum absolute atomic E-state index is 0.0156. The Morgan fingerprint density at radius 3 is 2.24 bits per heavy atom. The SMILES string of the molecule is Cc1ccc(CSCC(=O)N(Cc2ccccc2)[C@H](C)C(=O)NCC(C)C)cc1. The number of nitrogens with zero attached hydrogens (tertiary/aromatic N) is 1. The van der Waals surface area contributed by atoms with Gasteiger partial charge in [0.15, 0.2) is 0 Å². The third kappa shape index (κ3) is 7.94. The molecule has 0 spiro atoms. The zero-order valence-corrected chi connectivity index (χ0v) is 18.7. The number of carbonyl (C=O) groups excluding carboxylic acids is 2. The van der Waals surface area contributed by atoms with Crippen molar-refractivity contribution in [3.05, 3.63) is 71.3 Å². The fourth-order valence-corrected chi connectivity index (χ4v) is 3.71. The lowest BCUT2D eigenvalue weighted by Crippen LogP contribution is -2.48. The maximum atomic E-state index is 13.0. The first-order valence-electron chi connectivity index (χ1n) is 10.1. The summed E-state index contributed by atoms with van der Waals surface area (Å²) >= 11 is 1.58. The van der Waals surface area contributed by atoms with E-state index in [2.05, 4.69) is 50.4 Å². The van der Waals surface area contributed by atoms with Crippen LogP contribution in [0.3, 0.4) is 0 Å². The minimum Gasteiger partial charge on any atom is -0.354 e. The smallest absolute Gasteiger partial charge is 0.242 e. The van der Waals surface area contributed by atoms with Gasteiger partial charge in [-0.05, 0) is 30.9 Å². The molecule has 0 aliphatic heterocycles. The first-order valence-corrected chi connectivity index (χ1v) is 11.3. The molecule has 5 heteroatoms. The van der Waals surface area contributed by atoms with Gasteiger partial charge in [-0.3, -0.25) is 9.59 Å². The van der Waals surface area contributed by atoms with Crippen molar-refractivity contribution in [2.45, 2.75) is 46.0 Å². The number of carbonyl (C=O) groups is 2. The molecule has 0 aromatic heterocycles. The van der Waals surface area contributed by atoms with Crippen molar-refractivity contribution in [1.82, 2.24) is 10.2 Å². The number of nitrogens with one attached hydrogen (secondary N) is 1. The van der Waals surface area contributed by atoms with Crippen molar-refractivity contribution in [2.24, 2.45) is 5.92 Å². The topological polar surface area (TPSA) is 49.4 Å². The van der Waals surface area contributed by atoms with Crippen LogP contribution in [-0.2, 0) is 21.9 Å². The van der Waals surface area contributed by atoms with E-state index in [0.717, 1.165) is 11.3 Å². The summed E-state index contributed by atoms with van der Waals surface area (Å²) in [5.74, 6) is 1.38. The zero-order valence-electron chi connectivity index (χ0n) is 17.9. The lowest BCUT2D eigenvalue weighted by Gasteiger charge is -2.29. The molecule has 156 valence electrons. The van der Waals surface area contributed by atoms with Crippen LogP contribution in [0.4, 0.5) is 0 Å². The van der Waals surface area contributed by atoms with Gasteiger partial charge in [-0.15, -0.1) is 11.8 Å². The summed E-state index contributed by atoms with van der Waals surface area (Å²) < 4.78 is 0. The fourth-order valence-electron chi connectivity index (χ4n) is 2.84. The van der Waals surface area contributed by atoms with Gasteiger partial charge in [0.05, 0.1) is 5.75 Å². The second kappa shape index (κ2) is 11.7. The highest BCUT2D eigenvalue weighted by molar-refractivity contribution is 7.99. The molecule has 0 fully saturated rings. The molecule has 29 heavy (non-hydrogen) atoms. The van der Waals surface area contributed by atoms with Crippen molar-refractivity contribution in [1.29, 1.82) is 0 Å². The molecule has 2 aromatic carbocycles. The van der Waals surface area contributed by atoms with Crippen molar-refractivity contribution < 1.29 is 9.59 Å². The van der Waals surface area contributed by atoms with E-state index in [0.29, 0.717) is 24.8 Å². The van der Waals surface area contributed by atoms with Crippen LogP contribution in [0.15, 0.2) is 54.6 Å². The Bertz CT molecular complexity index is 775. The molecule has 0 saturated heterocycles. The van der Waals surface area contributed by atoms with Crippen LogP contribution in [-0.4, -0.2) is 35.1 Å². The Kier molecular flexibility index (Phi) is 9.26. The Labute approximate surface area is 179 Å². The minimum atomic E-state index is -0.513. The lowest BCUT2D eigenvalue weighted by atomic mass is 10.1. The van der Waals surface area contributed by atoms with E-state index in [-0.39, 0.29) is 11.8 Å². The normalized spacial score (nSPS) is 11.9. The van der Waals surface area contributed by atoms with E-state index in [9.17, 15) is 9.59 Å². The van der Waals surface area contributed by atoms with Crippen LogP contribution in [0, 0.1) is 12.8 Å². The monoisotopic (exact) mass is 412 g/mol. The number of hydrogen-bond acceptors (Lipinski definition) is 3. The molecule has 0 bridgehead atoms. The quantitative estimate of drug-likeness (QED) is 0.628. The van der Waals surface area contributed by atoms with E-state index in [4.69, 9.17) is 0 Å². The summed E-state index contributed by atoms with van der Waals surface area (Å²) in [4.78, 5) is 27.3. The molecule has 1 atom stereocenters. The molecular formula is C24H32N2O2S. The van der Waals surface area contributed by atoms with Gasteiger partial charge in [0.25, 0.3) is 0 Å². The van der Waals surface area contributed by atoms with Crippen LogP contribution in [0.25, 0.3) is 0 Å². The molecule has 4 nitrogen and oxygen atoms in total. The van der Waals surface area contributed by atoms with Gasteiger partial charge in [0.1, 0.15) is 6.04 Å². The van der Waals surface area contributed by atoms with Gasteiger partial charge >= 0.3 is 0 Å². The molecule has 0 radical (unpaired) electrons. The van der Waals surface area contributed by atoms with E-state index in [1.165, 1.54) is 11.1 Å². The van der Waals surface area contributed by atoms with Crippen LogP contribution in [0.5, 0.6) is 0 Å². The molecule has 2 amide bonds. The van der Waals surface area contributed by atoms with Crippen LogP contribution in [0.2, 0.25) is 0 Å². The highest BCUT2D eigenvalue weighted by Gasteiger charge is 2.26. The second-order valence-electron chi connectivity index (χ2n) is 7.80. The fraction of sp³-hybridized carbons (Fsp3) is 0.417. The summed E-state index contributed by atoms with van der Waals surface area (Å²) in [5, 5.41) is 2.95. The molecule has 0 saturated carbocycles. The van der Waals surface area contributed by atoms with E-state index < -0.39 is 6.04 Å². The average molecular weight is 413 g/mol. The maximum absolute atomic E-state index is 13.0. The Morgan fingerprint density at radius 2 is 1.62 bits per heavy atom. The van der Waals surface area contributed by atoms with Crippen molar-refractivity contribution in [3.8, 4) is 0 Å². The maximum Gasteiger partial charge on any atom is 0.242 e. The largest absolute Gasteiger partial charge is 0.354 e. The van der Waals surface area contributed by atoms with Gasteiger partial charge in [-0.2, -0.15) is 0 Å². The molecule has 1 N–H and O–H groups in total. The standard InChI is InChI=1S/C24H32N2O2S/c1-18(2)14-25-24(28)20(4)26(15-21-8-6-5-7-9-21)23(27)17-29-16-22-12-10-19(3)11-13-22/h5-13,18,20H,14-17H2,1-4H3,(H,25,28)/t20-/m1/s1. The molecule has 0 aliphatic carbocycles. The highest BCUT2D eigenvalue weighted by atomic mass is 32.2. The molecule has 0 aliphatic rings. The molecule has 2 aromatic rings. The summed E-state index contributed by atoms with van der Waals surface area (Å²) in [5.41, 5.74) is 3.45. The predicted molar refractivity (Wildman–Crippen MR) is 122 cm³/mol. The van der Waals surface area contributed by atoms with Crippen molar-refractivity contribution >= 4 is 23.6 Å². The lowest BCUT2D eigenvalue weighted by molar-refractivity contribution is -0.138. The number of aryl methyl sites for hydroxylation is 1. The number of rotatable bonds is 10. The number of hydrogen-bond donors (Lipinski definition) is 1. The summed E-state index contributed by atoms with van der Waals surface area (Å²) in [6, 6.07) is 17.7. The van der Waals surface area contributed by atoms with Crippen molar-refractivity contribution in [2.75, 3.05) is 12.3 Å². The van der Waals surface area contributed by atoms with Gasteiger partial charge in [-0.1, -0.05) is 74.0 Å². The Hall–Kier alpha value is -2.27. The summed E-state index contributed by atoms with van der Waals surface area (Å²) in [7, 11) is 0. The predicted octanol–water partition coefficient (Wildman–Crippen LogP) is 4.42. The molecule has 0 unspecified atom stereocenters. The Morgan fingerprint density at radius 1 is 0.966 bits per heavy atom. The van der Waals surface area contributed by atoms with Crippen LogP contribution >= 0.6 is 11.8 Å². The number of thioether (sulfide) groups is 1. The Balaban J connectivity index is 2.01. The van der Waals surface area contributed by atoms with Gasteiger partial charge < -0.3 is 10.2 Å². The van der Waals surface area contributed by atoms with E-state index >= 15 is 0 Å². The van der Waals surface area contributed by atoms with Crippen molar-refractivity contribution in [3.63, 3.8) is 0 Å². The first-order chi connectivity index (χ1) is 13.9. The van der Waals surface area contributed by atoms with Gasteiger partial charge in [0.2, 0.25) is 11.8 Å². The number of amides is 2. The third-order valence-corrected chi connectivity index (χ3v) is 5.65. The molecule has 0 heterocycles. The van der Waals surface area contributed by atoms with Gasteiger partial charge in [0, 0.05) is 18.8 Å². The van der Waals surface area contributed by atoms with E-state index in [1.54, 1.807) is 23.6 Å². The zero-order chi connectivity index (χ0) is 21.2. The highest BCUT2D eigenvalue weighted by Crippen LogP contribution is 2.16. The van der Waals surface area contributed by atoms with Crippen LogP contribution < -0.4 is 5.32 Å². The average Bonchev–Trinajstić information content (AvgIpc) is 2.71. The number of benzene rings is 2. The van der Waals surface area contributed by atoms with E-state index in [1.807, 2.05) is 30.3 Å².